The molecule has 154 valence electrons. The SMILES string of the molecule is CC(NC(=O)c1coc(C#Cc2ccccc2)c1)c1ccc(-c2cccc(C#N)c2)cc1. The second kappa shape index (κ2) is 9.51. The van der Waals surface area contributed by atoms with Crippen LogP contribution in [0.15, 0.2) is 95.6 Å². The molecule has 1 amide bonds. The van der Waals surface area contributed by atoms with Crippen LogP contribution in [0.2, 0.25) is 0 Å². The fourth-order valence-electron chi connectivity index (χ4n) is 3.27. The highest BCUT2D eigenvalue weighted by atomic mass is 16.3. The van der Waals surface area contributed by atoms with Crippen LogP contribution in [-0.2, 0) is 0 Å². The Labute approximate surface area is 187 Å². The van der Waals surface area contributed by atoms with Gasteiger partial charge in [0.15, 0.2) is 5.76 Å². The Kier molecular flexibility index (Phi) is 6.16. The molecule has 0 aliphatic rings. The summed E-state index contributed by atoms with van der Waals surface area (Å²) in [5, 5.41) is 12.1. The number of amides is 1. The van der Waals surface area contributed by atoms with E-state index in [9.17, 15) is 4.79 Å². The lowest BCUT2D eigenvalue weighted by molar-refractivity contribution is 0.0939. The minimum Gasteiger partial charge on any atom is -0.455 e. The topological polar surface area (TPSA) is 66.0 Å². The maximum atomic E-state index is 12.6. The quantitative estimate of drug-likeness (QED) is 0.433. The average Bonchev–Trinajstić information content (AvgIpc) is 3.33. The van der Waals surface area contributed by atoms with Crippen LogP contribution in [0.4, 0.5) is 0 Å². The lowest BCUT2D eigenvalue weighted by Crippen LogP contribution is -2.26. The van der Waals surface area contributed by atoms with E-state index in [-0.39, 0.29) is 11.9 Å². The third-order valence-electron chi connectivity index (χ3n) is 5.05. The third kappa shape index (κ3) is 4.95. The summed E-state index contributed by atoms with van der Waals surface area (Å²) in [6.45, 7) is 1.93. The maximum absolute atomic E-state index is 12.6. The molecule has 1 aromatic heterocycles. The van der Waals surface area contributed by atoms with Gasteiger partial charge in [-0.3, -0.25) is 4.79 Å². The predicted molar refractivity (Wildman–Crippen MR) is 124 cm³/mol. The summed E-state index contributed by atoms with van der Waals surface area (Å²) in [6, 6.07) is 28.6. The minimum atomic E-state index is -0.222. The zero-order valence-corrected chi connectivity index (χ0v) is 17.5. The monoisotopic (exact) mass is 416 g/mol. The number of rotatable bonds is 4. The van der Waals surface area contributed by atoms with Gasteiger partial charge in [-0.1, -0.05) is 60.5 Å². The van der Waals surface area contributed by atoms with Crippen molar-refractivity contribution in [3.05, 3.63) is 119 Å². The summed E-state index contributed by atoms with van der Waals surface area (Å²) in [6.07, 6.45) is 1.42. The summed E-state index contributed by atoms with van der Waals surface area (Å²) in [4.78, 5) is 12.6. The van der Waals surface area contributed by atoms with E-state index in [0.29, 0.717) is 16.9 Å². The summed E-state index contributed by atoms with van der Waals surface area (Å²) in [7, 11) is 0. The van der Waals surface area contributed by atoms with E-state index in [1.165, 1.54) is 6.26 Å². The van der Waals surface area contributed by atoms with Crippen molar-refractivity contribution in [2.75, 3.05) is 0 Å². The normalized spacial score (nSPS) is 11.0. The number of hydrogen-bond donors (Lipinski definition) is 1. The van der Waals surface area contributed by atoms with E-state index in [1.54, 1.807) is 12.1 Å². The second-order valence-electron chi connectivity index (χ2n) is 7.33. The Morgan fingerprint density at radius 3 is 2.38 bits per heavy atom. The fraction of sp³-hybridized carbons (Fsp3) is 0.0714. The summed E-state index contributed by atoms with van der Waals surface area (Å²) >= 11 is 0. The minimum absolute atomic E-state index is 0.184. The molecule has 0 saturated carbocycles. The van der Waals surface area contributed by atoms with Crippen LogP contribution in [0.25, 0.3) is 11.1 Å². The molecule has 0 fully saturated rings. The van der Waals surface area contributed by atoms with Crippen molar-refractivity contribution in [1.29, 1.82) is 5.26 Å². The van der Waals surface area contributed by atoms with Gasteiger partial charge in [0, 0.05) is 11.6 Å². The van der Waals surface area contributed by atoms with Gasteiger partial charge in [0.05, 0.1) is 23.2 Å². The van der Waals surface area contributed by atoms with E-state index < -0.39 is 0 Å². The smallest absolute Gasteiger partial charge is 0.255 e. The third-order valence-corrected chi connectivity index (χ3v) is 5.05. The van der Waals surface area contributed by atoms with Gasteiger partial charge in [-0.15, -0.1) is 0 Å². The molecule has 1 unspecified atom stereocenters. The van der Waals surface area contributed by atoms with Crippen LogP contribution < -0.4 is 5.32 Å². The fourth-order valence-corrected chi connectivity index (χ4v) is 3.27. The van der Waals surface area contributed by atoms with Crippen molar-refractivity contribution in [1.82, 2.24) is 5.32 Å². The standard InChI is InChI=1S/C28H20N2O2/c1-20(23-11-13-24(14-12-23)25-9-5-8-22(16-25)18-29)30-28(31)26-17-27(32-19-26)15-10-21-6-3-2-4-7-21/h2-9,11-14,16-17,19-20H,1H3,(H,30,31). The molecule has 0 radical (unpaired) electrons. The Balaban J connectivity index is 1.41. The first-order chi connectivity index (χ1) is 15.6. The van der Waals surface area contributed by atoms with E-state index in [4.69, 9.17) is 9.68 Å². The van der Waals surface area contributed by atoms with Crippen LogP contribution in [0.1, 0.15) is 45.8 Å². The molecule has 4 nitrogen and oxygen atoms in total. The molecule has 0 saturated heterocycles. The lowest BCUT2D eigenvalue weighted by Gasteiger charge is -2.14. The van der Waals surface area contributed by atoms with E-state index in [0.717, 1.165) is 22.3 Å². The van der Waals surface area contributed by atoms with Crippen molar-refractivity contribution in [2.45, 2.75) is 13.0 Å². The van der Waals surface area contributed by atoms with Gasteiger partial charge in [0.1, 0.15) is 6.26 Å². The molecule has 32 heavy (non-hydrogen) atoms. The van der Waals surface area contributed by atoms with Crippen molar-refractivity contribution in [2.24, 2.45) is 0 Å². The largest absolute Gasteiger partial charge is 0.455 e. The van der Waals surface area contributed by atoms with Gasteiger partial charge in [-0.25, -0.2) is 0 Å². The van der Waals surface area contributed by atoms with Gasteiger partial charge >= 0.3 is 0 Å². The van der Waals surface area contributed by atoms with Gasteiger partial charge < -0.3 is 9.73 Å². The van der Waals surface area contributed by atoms with Crippen LogP contribution in [0, 0.1) is 23.2 Å². The van der Waals surface area contributed by atoms with Gasteiger partial charge in [-0.05, 0) is 53.8 Å². The van der Waals surface area contributed by atoms with E-state index in [1.807, 2.05) is 79.7 Å². The Bertz CT molecular complexity index is 1330. The van der Waals surface area contributed by atoms with E-state index in [2.05, 4.69) is 23.2 Å². The van der Waals surface area contributed by atoms with E-state index >= 15 is 0 Å². The molecule has 0 bridgehead atoms. The molecule has 4 heteroatoms. The highest BCUT2D eigenvalue weighted by Crippen LogP contribution is 2.23. The molecule has 0 spiro atoms. The van der Waals surface area contributed by atoms with Crippen molar-refractivity contribution in [3.8, 4) is 29.0 Å². The zero-order chi connectivity index (χ0) is 22.3. The number of hydrogen-bond acceptors (Lipinski definition) is 3. The summed E-state index contributed by atoms with van der Waals surface area (Å²) < 4.78 is 5.42. The number of furan rings is 1. The maximum Gasteiger partial charge on any atom is 0.255 e. The van der Waals surface area contributed by atoms with Gasteiger partial charge in [0.2, 0.25) is 0 Å². The second-order valence-corrected chi connectivity index (χ2v) is 7.33. The Morgan fingerprint density at radius 1 is 0.875 bits per heavy atom. The number of carbonyl (C=O) groups excluding carboxylic acids is 1. The van der Waals surface area contributed by atoms with Gasteiger partial charge in [0.25, 0.3) is 5.91 Å². The first-order valence-corrected chi connectivity index (χ1v) is 10.2. The number of benzene rings is 3. The van der Waals surface area contributed by atoms with Crippen molar-refractivity contribution >= 4 is 5.91 Å². The molecule has 4 aromatic rings. The van der Waals surface area contributed by atoms with Crippen LogP contribution in [0.5, 0.6) is 0 Å². The Morgan fingerprint density at radius 2 is 1.62 bits per heavy atom. The number of nitrogens with zero attached hydrogens (tertiary/aromatic N) is 1. The zero-order valence-electron chi connectivity index (χ0n) is 17.5. The molecule has 1 atom stereocenters. The summed E-state index contributed by atoms with van der Waals surface area (Å²) in [5.41, 5.74) is 4.91. The van der Waals surface area contributed by atoms with Crippen LogP contribution in [0.3, 0.4) is 0 Å². The molecular formula is C28H20N2O2. The highest BCUT2D eigenvalue weighted by Gasteiger charge is 2.14. The Hall–Kier alpha value is -4.54. The average molecular weight is 416 g/mol. The van der Waals surface area contributed by atoms with Crippen LogP contribution in [-0.4, -0.2) is 5.91 Å². The number of nitriles is 1. The number of carbonyl (C=O) groups is 1. The van der Waals surface area contributed by atoms with Crippen LogP contribution >= 0.6 is 0 Å². The highest BCUT2D eigenvalue weighted by molar-refractivity contribution is 5.94. The summed E-state index contributed by atoms with van der Waals surface area (Å²) in [5.74, 6) is 6.16. The lowest BCUT2D eigenvalue weighted by atomic mass is 10.00. The van der Waals surface area contributed by atoms with Gasteiger partial charge in [-0.2, -0.15) is 5.26 Å². The molecule has 0 aliphatic heterocycles. The first kappa shape index (κ1) is 20.7. The first-order valence-electron chi connectivity index (χ1n) is 10.2. The molecule has 1 heterocycles. The molecule has 3 aromatic carbocycles. The molecular weight excluding hydrogens is 396 g/mol. The molecule has 0 aliphatic carbocycles. The molecule has 1 N–H and O–H groups in total. The van der Waals surface area contributed by atoms with Crippen molar-refractivity contribution < 1.29 is 9.21 Å². The molecule has 4 rings (SSSR count). The predicted octanol–water partition coefficient (Wildman–Crippen LogP) is 5.71. The van der Waals surface area contributed by atoms with Crippen molar-refractivity contribution in [3.63, 3.8) is 0 Å². The number of nitrogens with one attached hydrogen (secondary N) is 1.